The third-order valence-corrected chi connectivity index (χ3v) is 2.72. The van der Waals surface area contributed by atoms with Crippen LogP contribution >= 0.6 is 0 Å². The summed E-state index contributed by atoms with van der Waals surface area (Å²) in [6.45, 7) is 7.46. The largest absolute Gasteiger partial charge is 0.466 e. The highest BCUT2D eigenvalue weighted by Crippen LogP contribution is 2.17. The molecule has 0 fully saturated rings. The van der Waals surface area contributed by atoms with Gasteiger partial charge in [0.2, 0.25) is 0 Å². The maximum atomic E-state index is 11.7. The van der Waals surface area contributed by atoms with Gasteiger partial charge in [0, 0.05) is 0 Å². The van der Waals surface area contributed by atoms with Crippen LogP contribution in [-0.2, 0) is 28.6 Å². The van der Waals surface area contributed by atoms with Crippen molar-refractivity contribution in [2.24, 2.45) is 11.8 Å². The van der Waals surface area contributed by atoms with E-state index in [0.29, 0.717) is 13.0 Å². The quantitative estimate of drug-likeness (QED) is 0.365. The summed E-state index contributed by atoms with van der Waals surface area (Å²) >= 11 is 0. The van der Waals surface area contributed by atoms with Crippen LogP contribution in [0.1, 0.15) is 40.5 Å². The van der Waals surface area contributed by atoms with E-state index in [4.69, 9.17) is 14.2 Å². The molecule has 0 saturated heterocycles. The van der Waals surface area contributed by atoms with Gasteiger partial charge in [-0.3, -0.25) is 14.4 Å². The van der Waals surface area contributed by atoms with Gasteiger partial charge in [0.05, 0.1) is 25.7 Å². The van der Waals surface area contributed by atoms with Crippen LogP contribution < -0.4 is 0 Å². The lowest BCUT2D eigenvalue weighted by Gasteiger charge is -2.16. The maximum Gasteiger partial charge on any atom is 0.320 e. The first-order valence-electron chi connectivity index (χ1n) is 6.97. The average molecular weight is 288 g/mol. The van der Waals surface area contributed by atoms with Crippen molar-refractivity contribution < 1.29 is 28.6 Å². The number of esters is 3. The van der Waals surface area contributed by atoms with Crippen molar-refractivity contribution in [3.8, 4) is 0 Å². The summed E-state index contributed by atoms with van der Waals surface area (Å²) in [6, 6.07) is 0. The van der Waals surface area contributed by atoms with Crippen LogP contribution in [0.25, 0.3) is 0 Å². The third kappa shape index (κ3) is 6.54. The van der Waals surface area contributed by atoms with Crippen LogP contribution in [0.15, 0.2) is 0 Å². The number of hydrogen-bond acceptors (Lipinski definition) is 6. The summed E-state index contributed by atoms with van der Waals surface area (Å²) in [5, 5.41) is 0. The predicted octanol–water partition coefficient (Wildman–Crippen LogP) is 1.71. The molecular weight excluding hydrogens is 264 g/mol. The van der Waals surface area contributed by atoms with Crippen molar-refractivity contribution in [1.82, 2.24) is 0 Å². The minimum Gasteiger partial charge on any atom is -0.466 e. The first-order valence-corrected chi connectivity index (χ1v) is 6.97. The molecule has 0 radical (unpaired) electrons. The van der Waals surface area contributed by atoms with Gasteiger partial charge in [-0.15, -0.1) is 0 Å². The number of hydrogen-bond donors (Lipinski definition) is 0. The summed E-state index contributed by atoms with van der Waals surface area (Å²) in [6.07, 6.45) is 0.568. The van der Waals surface area contributed by atoms with Crippen molar-refractivity contribution in [2.75, 3.05) is 19.8 Å². The van der Waals surface area contributed by atoms with Crippen LogP contribution in [0, 0.1) is 11.8 Å². The van der Waals surface area contributed by atoms with Gasteiger partial charge in [-0.05, 0) is 33.6 Å². The minimum atomic E-state index is -0.980. The molecular formula is C14H24O6. The van der Waals surface area contributed by atoms with Gasteiger partial charge in [-0.1, -0.05) is 6.92 Å². The Balaban J connectivity index is 4.53. The van der Waals surface area contributed by atoms with Gasteiger partial charge >= 0.3 is 17.9 Å². The van der Waals surface area contributed by atoms with Crippen LogP contribution in [0.2, 0.25) is 0 Å². The zero-order chi connectivity index (χ0) is 15.5. The second kappa shape index (κ2) is 10.2. The molecule has 6 heteroatoms. The molecule has 0 aliphatic carbocycles. The molecule has 0 unspecified atom stereocenters. The highest BCUT2D eigenvalue weighted by Gasteiger charge is 2.30. The van der Waals surface area contributed by atoms with E-state index in [2.05, 4.69) is 0 Å². The molecule has 0 saturated carbocycles. The molecule has 0 N–H and O–H groups in total. The highest BCUT2D eigenvalue weighted by molar-refractivity contribution is 5.94. The number of rotatable bonds is 9. The summed E-state index contributed by atoms with van der Waals surface area (Å²) in [4.78, 5) is 34.9. The summed E-state index contributed by atoms with van der Waals surface area (Å²) in [5.74, 6) is -2.91. The van der Waals surface area contributed by atoms with E-state index in [0.717, 1.165) is 0 Å². The lowest BCUT2D eigenvalue weighted by Crippen LogP contribution is -2.29. The van der Waals surface area contributed by atoms with E-state index >= 15 is 0 Å². The zero-order valence-electron chi connectivity index (χ0n) is 12.6. The molecule has 116 valence electrons. The van der Waals surface area contributed by atoms with E-state index in [1.54, 1.807) is 27.7 Å². The van der Waals surface area contributed by atoms with Crippen molar-refractivity contribution in [3.63, 3.8) is 0 Å². The van der Waals surface area contributed by atoms with Crippen molar-refractivity contribution in [3.05, 3.63) is 0 Å². The number of carbonyl (C=O) groups excluding carboxylic acids is 3. The molecule has 0 aromatic rings. The number of ether oxygens (including phenoxy) is 3. The molecule has 1 atom stereocenters. The Morgan fingerprint density at radius 2 is 1.15 bits per heavy atom. The summed E-state index contributed by atoms with van der Waals surface area (Å²) in [7, 11) is 0. The fraction of sp³-hybridized carbons (Fsp3) is 0.786. The Hall–Kier alpha value is -1.59. The van der Waals surface area contributed by atoms with Crippen LogP contribution in [0.4, 0.5) is 0 Å². The SMILES string of the molecule is CCOC(=O)C(CC[C@H](C)C(=O)OCC)C(=O)OCC. The second-order valence-electron chi connectivity index (χ2n) is 4.29. The molecule has 6 nitrogen and oxygen atoms in total. The van der Waals surface area contributed by atoms with Gasteiger partial charge in [0.25, 0.3) is 0 Å². The van der Waals surface area contributed by atoms with E-state index < -0.39 is 17.9 Å². The van der Waals surface area contributed by atoms with Gasteiger partial charge in [0.15, 0.2) is 5.92 Å². The van der Waals surface area contributed by atoms with Crippen molar-refractivity contribution >= 4 is 17.9 Å². The molecule has 0 heterocycles. The van der Waals surface area contributed by atoms with Crippen LogP contribution in [0.3, 0.4) is 0 Å². The molecule has 20 heavy (non-hydrogen) atoms. The Labute approximate surface area is 119 Å². The normalized spacial score (nSPS) is 11.8. The second-order valence-corrected chi connectivity index (χ2v) is 4.29. The van der Waals surface area contributed by atoms with E-state index in [-0.39, 0.29) is 31.5 Å². The fourth-order valence-electron chi connectivity index (χ4n) is 1.64. The van der Waals surface area contributed by atoms with Gasteiger partial charge in [0.1, 0.15) is 0 Å². The fourth-order valence-corrected chi connectivity index (χ4v) is 1.64. The molecule has 0 amide bonds. The Morgan fingerprint density at radius 3 is 1.55 bits per heavy atom. The topological polar surface area (TPSA) is 78.9 Å². The molecule has 0 rings (SSSR count). The highest BCUT2D eigenvalue weighted by atomic mass is 16.6. The molecule has 0 aromatic heterocycles. The Bertz CT molecular complexity index is 308. The predicted molar refractivity (Wildman–Crippen MR) is 71.8 cm³/mol. The lowest BCUT2D eigenvalue weighted by atomic mass is 9.97. The van der Waals surface area contributed by atoms with Crippen molar-refractivity contribution in [2.45, 2.75) is 40.5 Å². The van der Waals surface area contributed by atoms with Gasteiger partial charge in [-0.25, -0.2) is 0 Å². The molecule has 0 aliphatic rings. The molecule has 0 aliphatic heterocycles. The molecule has 0 aromatic carbocycles. The standard InChI is InChI=1S/C14H24O6/c1-5-18-12(15)10(4)8-9-11(13(16)19-6-2)14(17)20-7-3/h10-11H,5-9H2,1-4H3/t10-/m0/s1. The van der Waals surface area contributed by atoms with Crippen LogP contribution in [-0.4, -0.2) is 37.7 Å². The summed E-state index contributed by atoms with van der Waals surface area (Å²) < 4.78 is 14.6. The summed E-state index contributed by atoms with van der Waals surface area (Å²) in [5.41, 5.74) is 0. The van der Waals surface area contributed by atoms with E-state index in [1.807, 2.05) is 0 Å². The minimum absolute atomic E-state index is 0.197. The van der Waals surface area contributed by atoms with Gasteiger partial charge < -0.3 is 14.2 Å². The Morgan fingerprint density at radius 1 is 0.750 bits per heavy atom. The molecule has 0 spiro atoms. The van der Waals surface area contributed by atoms with Crippen LogP contribution in [0.5, 0.6) is 0 Å². The van der Waals surface area contributed by atoms with Gasteiger partial charge in [-0.2, -0.15) is 0 Å². The zero-order valence-corrected chi connectivity index (χ0v) is 12.6. The smallest absolute Gasteiger partial charge is 0.320 e. The molecule has 0 bridgehead atoms. The van der Waals surface area contributed by atoms with Crippen molar-refractivity contribution in [1.29, 1.82) is 0 Å². The van der Waals surface area contributed by atoms with E-state index in [1.165, 1.54) is 0 Å². The monoisotopic (exact) mass is 288 g/mol. The Kier molecular flexibility index (Phi) is 9.41. The third-order valence-electron chi connectivity index (χ3n) is 2.72. The maximum absolute atomic E-state index is 11.7. The first kappa shape index (κ1) is 18.4. The van der Waals surface area contributed by atoms with E-state index in [9.17, 15) is 14.4 Å². The first-order chi connectivity index (χ1) is 9.47. The number of carbonyl (C=O) groups is 3. The average Bonchev–Trinajstić information content (AvgIpc) is 2.39. The lowest BCUT2D eigenvalue weighted by molar-refractivity contribution is -0.162.